The molecule has 0 radical (unpaired) electrons. The maximum Gasteiger partial charge on any atom is 0.224 e. The summed E-state index contributed by atoms with van der Waals surface area (Å²) in [6.07, 6.45) is 6.89. The van der Waals surface area contributed by atoms with E-state index in [0.717, 1.165) is 16.8 Å². The SMILES string of the molecule is CNc1ncc(Br)c(NCC2(N(C)C)CCCC2)n1. The molecule has 0 saturated heterocycles. The number of likely N-dealkylation sites (N-methyl/N-ethyl adjacent to an activating group) is 1. The van der Waals surface area contributed by atoms with Gasteiger partial charge in [0.1, 0.15) is 5.82 Å². The minimum atomic E-state index is 0.254. The number of hydrogen-bond donors (Lipinski definition) is 2. The third-order valence-electron chi connectivity index (χ3n) is 4.04. The Morgan fingerprint density at radius 3 is 2.63 bits per heavy atom. The number of hydrogen-bond acceptors (Lipinski definition) is 5. The molecule has 0 spiro atoms. The van der Waals surface area contributed by atoms with Gasteiger partial charge in [0.25, 0.3) is 0 Å². The summed E-state index contributed by atoms with van der Waals surface area (Å²) in [5.74, 6) is 1.49. The molecule has 6 heteroatoms. The fourth-order valence-corrected chi connectivity index (χ4v) is 3.01. The van der Waals surface area contributed by atoms with Gasteiger partial charge < -0.3 is 15.5 Å². The molecule has 1 heterocycles. The van der Waals surface area contributed by atoms with E-state index in [0.29, 0.717) is 5.95 Å². The minimum absolute atomic E-state index is 0.254. The molecule has 5 nitrogen and oxygen atoms in total. The van der Waals surface area contributed by atoms with Crippen molar-refractivity contribution in [1.29, 1.82) is 0 Å². The largest absolute Gasteiger partial charge is 0.367 e. The predicted molar refractivity (Wildman–Crippen MR) is 82.7 cm³/mol. The summed E-state index contributed by atoms with van der Waals surface area (Å²) >= 11 is 3.49. The molecule has 1 aliphatic rings. The Bertz CT molecular complexity index is 429. The quantitative estimate of drug-likeness (QED) is 0.870. The lowest BCUT2D eigenvalue weighted by molar-refractivity contribution is 0.172. The van der Waals surface area contributed by atoms with E-state index in [-0.39, 0.29) is 5.54 Å². The molecule has 106 valence electrons. The second kappa shape index (κ2) is 6.05. The van der Waals surface area contributed by atoms with Crippen LogP contribution in [0.1, 0.15) is 25.7 Å². The predicted octanol–water partition coefficient (Wildman–Crippen LogP) is 2.57. The smallest absolute Gasteiger partial charge is 0.224 e. The van der Waals surface area contributed by atoms with Gasteiger partial charge in [-0.3, -0.25) is 0 Å². The van der Waals surface area contributed by atoms with Crippen LogP contribution < -0.4 is 10.6 Å². The molecule has 0 amide bonds. The lowest BCUT2D eigenvalue weighted by Gasteiger charge is -2.36. The van der Waals surface area contributed by atoms with Crippen LogP contribution in [-0.2, 0) is 0 Å². The van der Waals surface area contributed by atoms with Crippen molar-refractivity contribution in [1.82, 2.24) is 14.9 Å². The topological polar surface area (TPSA) is 53.1 Å². The molecular weight excluding hydrogens is 306 g/mol. The zero-order valence-electron chi connectivity index (χ0n) is 11.8. The summed E-state index contributed by atoms with van der Waals surface area (Å²) in [5.41, 5.74) is 0.254. The van der Waals surface area contributed by atoms with E-state index in [9.17, 15) is 0 Å². The van der Waals surface area contributed by atoms with E-state index in [4.69, 9.17) is 0 Å². The number of aromatic nitrogens is 2. The van der Waals surface area contributed by atoms with Gasteiger partial charge in [0.2, 0.25) is 5.95 Å². The van der Waals surface area contributed by atoms with Crippen molar-refractivity contribution in [3.63, 3.8) is 0 Å². The second-order valence-corrected chi connectivity index (χ2v) is 6.17. The Morgan fingerprint density at radius 2 is 2.05 bits per heavy atom. The van der Waals surface area contributed by atoms with Gasteiger partial charge in [-0.15, -0.1) is 0 Å². The van der Waals surface area contributed by atoms with E-state index in [1.54, 1.807) is 6.20 Å². The van der Waals surface area contributed by atoms with Crippen molar-refractivity contribution in [2.75, 3.05) is 38.3 Å². The van der Waals surface area contributed by atoms with Crippen LogP contribution in [0.2, 0.25) is 0 Å². The first-order valence-electron chi connectivity index (χ1n) is 6.69. The van der Waals surface area contributed by atoms with Crippen LogP contribution in [0.3, 0.4) is 0 Å². The van der Waals surface area contributed by atoms with E-state index < -0.39 is 0 Å². The Labute approximate surface area is 123 Å². The van der Waals surface area contributed by atoms with Crippen molar-refractivity contribution in [3.05, 3.63) is 10.7 Å². The Hall–Kier alpha value is -0.880. The third kappa shape index (κ3) is 3.17. The number of nitrogens with zero attached hydrogens (tertiary/aromatic N) is 3. The molecule has 0 aliphatic heterocycles. The zero-order chi connectivity index (χ0) is 13.9. The number of halogens is 1. The van der Waals surface area contributed by atoms with Crippen molar-refractivity contribution in [2.24, 2.45) is 0 Å². The first-order valence-corrected chi connectivity index (χ1v) is 7.48. The Balaban J connectivity index is 2.09. The van der Waals surface area contributed by atoms with E-state index in [2.05, 4.69) is 55.5 Å². The highest BCUT2D eigenvalue weighted by Crippen LogP contribution is 2.34. The van der Waals surface area contributed by atoms with Crippen molar-refractivity contribution >= 4 is 27.7 Å². The summed E-state index contributed by atoms with van der Waals surface area (Å²) in [4.78, 5) is 11.0. The first-order chi connectivity index (χ1) is 9.07. The van der Waals surface area contributed by atoms with Crippen LogP contribution >= 0.6 is 15.9 Å². The van der Waals surface area contributed by atoms with Gasteiger partial charge in [0.05, 0.1) is 4.47 Å². The molecule has 0 aromatic carbocycles. The van der Waals surface area contributed by atoms with Gasteiger partial charge >= 0.3 is 0 Å². The molecule has 2 rings (SSSR count). The fraction of sp³-hybridized carbons (Fsp3) is 0.692. The van der Waals surface area contributed by atoms with Gasteiger partial charge in [-0.1, -0.05) is 12.8 Å². The first kappa shape index (κ1) is 14.5. The summed E-state index contributed by atoms with van der Waals surface area (Å²) in [6, 6.07) is 0. The van der Waals surface area contributed by atoms with Gasteiger partial charge in [-0.05, 0) is 42.9 Å². The van der Waals surface area contributed by atoms with E-state index >= 15 is 0 Å². The average molecular weight is 328 g/mol. The molecule has 2 N–H and O–H groups in total. The van der Waals surface area contributed by atoms with Crippen LogP contribution in [0.15, 0.2) is 10.7 Å². The minimum Gasteiger partial charge on any atom is -0.367 e. The second-order valence-electron chi connectivity index (χ2n) is 5.32. The van der Waals surface area contributed by atoms with Crippen LogP contribution in [0, 0.1) is 0 Å². The average Bonchev–Trinajstić information content (AvgIpc) is 2.88. The third-order valence-corrected chi connectivity index (χ3v) is 4.62. The molecule has 1 aromatic rings. The van der Waals surface area contributed by atoms with Crippen molar-refractivity contribution in [2.45, 2.75) is 31.2 Å². The summed E-state index contributed by atoms with van der Waals surface area (Å²) in [6.45, 7) is 0.915. The number of nitrogens with one attached hydrogen (secondary N) is 2. The highest BCUT2D eigenvalue weighted by Gasteiger charge is 2.35. The number of rotatable bonds is 5. The highest BCUT2D eigenvalue weighted by atomic mass is 79.9. The molecule has 0 unspecified atom stereocenters. The summed E-state index contributed by atoms with van der Waals surface area (Å²) < 4.78 is 0.901. The van der Waals surface area contributed by atoms with E-state index in [1.807, 2.05) is 7.05 Å². The van der Waals surface area contributed by atoms with Gasteiger partial charge in [0, 0.05) is 25.3 Å². The van der Waals surface area contributed by atoms with Crippen LogP contribution in [0.4, 0.5) is 11.8 Å². The van der Waals surface area contributed by atoms with Crippen molar-refractivity contribution < 1.29 is 0 Å². The van der Waals surface area contributed by atoms with Gasteiger partial charge in [-0.25, -0.2) is 4.98 Å². The van der Waals surface area contributed by atoms with Crippen LogP contribution in [0.25, 0.3) is 0 Å². The summed E-state index contributed by atoms with van der Waals surface area (Å²) in [7, 11) is 6.16. The normalized spacial score (nSPS) is 17.7. The maximum absolute atomic E-state index is 4.44. The number of anilines is 2. The molecule has 1 saturated carbocycles. The maximum atomic E-state index is 4.44. The standard InChI is InChI=1S/C13H22BrN5/c1-15-12-16-8-10(14)11(18-12)17-9-13(19(2)3)6-4-5-7-13/h8H,4-7,9H2,1-3H3,(H2,15,16,17,18). The molecule has 1 fully saturated rings. The van der Waals surface area contributed by atoms with Crippen LogP contribution in [-0.4, -0.2) is 48.1 Å². The van der Waals surface area contributed by atoms with E-state index in [1.165, 1.54) is 25.7 Å². The molecule has 1 aliphatic carbocycles. The van der Waals surface area contributed by atoms with Gasteiger partial charge in [-0.2, -0.15) is 4.98 Å². The fourth-order valence-electron chi connectivity index (χ4n) is 2.68. The molecule has 0 bridgehead atoms. The monoisotopic (exact) mass is 327 g/mol. The van der Waals surface area contributed by atoms with Crippen molar-refractivity contribution in [3.8, 4) is 0 Å². The zero-order valence-corrected chi connectivity index (χ0v) is 13.4. The lowest BCUT2D eigenvalue weighted by atomic mass is 9.96. The Morgan fingerprint density at radius 1 is 1.37 bits per heavy atom. The lowest BCUT2D eigenvalue weighted by Crippen LogP contribution is -2.47. The Kier molecular flexibility index (Phi) is 4.62. The highest BCUT2D eigenvalue weighted by molar-refractivity contribution is 9.10. The molecule has 1 aromatic heterocycles. The molecular formula is C13H22BrN5. The summed E-state index contributed by atoms with van der Waals surface area (Å²) in [5, 5.41) is 6.43. The van der Waals surface area contributed by atoms with Crippen LogP contribution in [0.5, 0.6) is 0 Å². The van der Waals surface area contributed by atoms with Gasteiger partial charge in [0.15, 0.2) is 0 Å². The molecule has 0 atom stereocenters. The molecule has 19 heavy (non-hydrogen) atoms.